The quantitative estimate of drug-likeness (QED) is 0.742. The van der Waals surface area contributed by atoms with Gasteiger partial charge in [-0.15, -0.1) is 0 Å². The Morgan fingerprint density at radius 2 is 1.20 bits per heavy atom. The van der Waals surface area contributed by atoms with Crippen molar-refractivity contribution in [3.05, 3.63) is 35.4 Å². The lowest BCUT2D eigenvalue weighted by Gasteiger charge is -2.09. The van der Waals surface area contributed by atoms with E-state index in [1.807, 2.05) is 12.1 Å². The van der Waals surface area contributed by atoms with Crippen LogP contribution < -0.4 is 0 Å². The molecule has 0 aliphatic rings. The minimum atomic E-state index is -0.348. The number of hydrogen-bond donors (Lipinski definition) is 0. The van der Waals surface area contributed by atoms with E-state index in [2.05, 4.69) is 0 Å². The van der Waals surface area contributed by atoms with Crippen LogP contribution in [0, 0.1) is 34.5 Å². The van der Waals surface area contributed by atoms with E-state index in [0.717, 1.165) is 0 Å². The molecule has 2 atom stereocenters. The molecule has 0 saturated heterocycles. The van der Waals surface area contributed by atoms with Gasteiger partial charge in [0.1, 0.15) is 0 Å². The molecule has 0 spiro atoms. The summed E-state index contributed by atoms with van der Waals surface area (Å²) in [6.07, 6.45) is 0.359. The summed E-state index contributed by atoms with van der Waals surface area (Å²) in [5.41, 5.74) is 0.995. The molecule has 4 heteroatoms. The van der Waals surface area contributed by atoms with Crippen LogP contribution in [0.25, 0.3) is 0 Å². The van der Waals surface area contributed by atoms with Crippen LogP contribution in [-0.2, 0) is 0 Å². The molecule has 2 unspecified atom stereocenters. The van der Waals surface area contributed by atoms with Gasteiger partial charge in [0, 0.05) is 35.8 Å². The van der Waals surface area contributed by atoms with Crippen molar-refractivity contribution in [1.82, 2.24) is 0 Å². The summed E-state index contributed by atoms with van der Waals surface area (Å²) >= 11 is 0. The first kappa shape index (κ1) is 15.6. The molecule has 1 rings (SSSR count). The molecule has 0 aliphatic heterocycles. The van der Waals surface area contributed by atoms with Gasteiger partial charge in [-0.05, 0) is 0 Å². The number of nitriles is 2. The van der Waals surface area contributed by atoms with E-state index in [9.17, 15) is 9.59 Å². The number of carbonyl (C=O) groups is 2. The number of benzene rings is 1. The molecule has 0 saturated carbocycles. The zero-order valence-electron chi connectivity index (χ0n) is 11.6. The Morgan fingerprint density at radius 1 is 0.900 bits per heavy atom. The number of Topliss-reactive ketones (excluding diaryl/α,β-unsaturated/α-hetero) is 2. The Kier molecular flexibility index (Phi) is 5.62. The molecule has 102 valence electrons. The summed E-state index contributed by atoms with van der Waals surface area (Å²) < 4.78 is 0. The summed E-state index contributed by atoms with van der Waals surface area (Å²) in [6.45, 7) is 3.42. The van der Waals surface area contributed by atoms with Gasteiger partial charge >= 0.3 is 0 Å². The maximum absolute atomic E-state index is 12.0. The van der Waals surface area contributed by atoms with Crippen molar-refractivity contribution in [2.24, 2.45) is 11.8 Å². The summed E-state index contributed by atoms with van der Waals surface area (Å²) in [7, 11) is 0. The van der Waals surface area contributed by atoms with Gasteiger partial charge in [-0.3, -0.25) is 9.59 Å². The first-order valence-electron chi connectivity index (χ1n) is 6.43. The fourth-order valence-electron chi connectivity index (χ4n) is 1.83. The second-order valence-corrected chi connectivity index (χ2v) is 4.83. The molecule has 0 aliphatic carbocycles. The third-order valence-electron chi connectivity index (χ3n) is 3.14. The second kappa shape index (κ2) is 7.21. The molecule has 0 N–H and O–H groups in total. The van der Waals surface area contributed by atoms with Crippen LogP contribution >= 0.6 is 0 Å². The lowest BCUT2D eigenvalue weighted by atomic mass is 9.93. The van der Waals surface area contributed by atoms with Crippen molar-refractivity contribution in [2.75, 3.05) is 0 Å². The summed E-state index contributed by atoms with van der Waals surface area (Å²) in [5, 5.41) is 17.2. The Balaban J connectivity index is 2.85. The van der Waals surface area contributed by atoms with Crippen molar-refractivity contribution >= 4 is 11.6 Å². The average Bonchev–Trinajstić information content (AvgIpc) is 2.46. The van der Waals surface area contributed by atoms with Gasteiger partial charge in [0.15, 0.2) is 11.6 Å². The fourth-order valence-corrected chi connectivity index (χ4v) is 1.83. The van der Waals surface area contributed by atoms with E-state index in [-0.39, 0.29) is 36.2 Å². The van der Waals surface area contributed by atoms with Crippen molar-refractivity contribution < 1.29 is 9.59 Å². The summed E-state index contributed by atoms with van der Waals surface area (Å²) in [6, 6.07) is 10.3. The lowest BCUT2D eigenvalue weighted by Crippen LogP contribution is -2.13. The average molecular weight is 268 g/mol. The predicted molar refractivity (Wildman–Crippen MR) is 73.9 cm³/mol. The summed E-state index contributed by atoms with van der Waals surface area (Å²) in [5.74, 6) is -0.899. The van der Waals surface area contributed by atoms with E-state index in [4.69, 9.17) is 10.5 Å². The standard InChI is InChI=1S/C16H16N2O2/c1-11(7-9-17)15(19)13-3-5-14(6-4-13)16(20)12(2)8-10-18/h3-6,11-12H,7-8H2,1-2H3. The second-order valence-electron chi connectivity index (χ2n) is 4.83. The van der Waals surface area contributed by atoms with E-state index in [1.54, 1.807) is 38.1 Å². The van der Waals surface area contributed by atoms with Gasteiger partial charge < -0.3 is 0 Å². The SMILES string of the molecule is CC(CC#N)C(=O)c1ccc(C(=O)C(C)CC#N)cc1. The molecular formula is C16H16N2O2. The van der Waals surface area contributed by atoms with Crippen molar-refractivity contribution in [3.63, 3.8) is 0 Å². The van der Waals surface area contributed by atoms with Gasteiger partial charge in [0.25, 0.3) is 0 Å². The van der Waals surface area contributed by atoms with Crippen LogP contribution in [0.2, 0.25) is 0 Å². The molecule has 0 heterocycles. The highest BCUT2D eigenvalue weighted by atomic mass is 16.1. The van der Waals surface area contributed by atoms with Gasteiger partial charge in [-0.1, -0.05) is 38.1 Å². The predicted octanol–water partition coefficient (Wildman–Crippen LogP) is 3.15. The van der Waals surface area contributed by atoms with E-state index in [1.165, 1.54) is 0 Å². The van der Waals surface area contributed by atoms with Crippen LogP contribution in [-0.4, -0.2) is 11.6 Å². The van der Waals surface area contributed by atoms with Crippen LogP contribution in [0.1, 0.15) is 47.4 Å². The Labute approximate surface area is 118 Å². The topological polar surface area (TPSA) is 81.7 Å². The van der Waals surface area contributed by atoms with E-state index < -0.39 is 0 Å². The van der Waals surface area contributed by atoms with Gasteiger partial charge in [0.05, 0.1) is 12.1 Å². The number of nitrogens with zero attached hydrogens (tertiary/aromatic N) is 2. The molecule has 0 bridgehead atoms. The minimum Gasteiger partial charge on any atom is -0.294 e. The van der Waals surface area contributed by atoms with E-state index >= 15 is 0 Å². The highest BCUT2D eigenvalue weighted by Crippen LogP contribution is 2.16. The molecule has 0 radical (unpaired) electrons. The molecule has 1 aromatic rings. The first-order chi connectivity index (χ1) is 9.51. The highest BCUT2D eigenvalue weighted by Gasteiger charge is 2.17. The largest absolute Gasteiger partial charge is 0.294 e. The maximum Gasteiger partial charge on any atom is 0.166 e. The molecule has 0 aromatic heterocycles. The third-order valence-corrected chi connectivity index (χ3v) is 3.14. The first-order valence-corrected chi connectivity index (χ1v) is 6.43. The van der Waals surface area contributed by atoms with E-state index in [0.29, 0.717) is 11.1 Å². The number of hydrogen-bond acceptors (Lipinski definition) is 4. The Bertz CT molecular complexity index is 523. The van der Waals surface area contributed by atoms with Crippen LogP contribution in [0.3, 0.4) is 0 Å². The molecule has 20 heavy (non-hydrogen) atoms. The molecule has 1 aromatic carbocycles. The molecular weight excluding hydrogens is 252 g/mol. The smallest absolute Gasteiger partial charge is 0.166 e. The number of carbonyl (C=O) groups excluding carboxylic acids is 2. The maximum atomic E-state index is 12.0. The fraction of sp³-hybridized carbons (Fsp3) is 0.375. The van der Waals surface area contributed by atoms with Gasteiger partial charge in [-0.25, -0.2) is 0 Å². The van der Waals surface area contributed by atoms with Crippen molar-refractivity contribution in [1.29, 1.82) is 10.5 Å². The zero-order chi connectivity index (χ0) is 15.1. The van der Waals surface area contributed by atoms with Crippen molar-refractivity contribution in [2.45, 2.75) is 26.7 Å². The third kappa shape index (κ3) is 3.76. The molecule has 4 nitrogen and oxygen atoms in total. The van der Waals surface area contributed by atoms with Gasteiger partial charge in [0.2, 0.25) is 0 Å². The number of rotatable bonds is 6. The number of ketones is 2. The Hall–Kier alpha value is -2.46. The van der Waals surface area contributed by atoms with Crippen LogP contribution in [0.15, 0.2) is 24.3 Å². The minimum absolute atomic E-state index is 0.101. The Morgan fingerprint density at radius 3 is 1.45 bits per heavy atom. The molecule has 0 amide bonds. The highest BCUT2D eigenvalue weighted by molar-refractivity contribution is 6.01. The van der Waals surface area contributed by atoms with Gasteiger partial charge in [-0.2, -0.15) is 10.5 Å². The zero-order valence-corrected chi connectivity index (χ0v) is 11.6. The van der Waals surface area contributed by atoms with Crippen LogP contribution in [0.5, 0.6) is 0 Å². The molecule has 0 fully saturated rings. The van der Waals surface area contributed by atoms with Crippen molar-refractivity contribution in [3.8, 4) is 12.1 Å². The summed E-state index contributed by atoms with van der Waals surface area (Å²) in [4.78, 5) is 23.9. The van der Waals surface area contributed by atoms with Crippen LogP contribution in [0.4, 0.5) is 0 Å². The normalized spacial score (nSPS) is 12.8. The monoisotopic (exact) mass is 268 g/mol. The lowest BCUT2D eigenvalue weighted by molar-refractivity contribution is 0.0921.